The van der Waals surface area contributed by atoms with Gasteiger partial charge in [0.1, 0.15) is 11.5 Å². The maximum atomic E-state index is 8.56. The molecule has 1 aromatic heterocycles. The second kappa shape index (κ2) is 11.5. The van der Waals surface area contributed by atoms with Gasteiger partial charge < -0.3 is 10.6 Å². The molecular weight excluding hydrogens is 448 g/mol. The minimum atomic E-state index is 0.467. The Bertz CT molecular complexity index is 1320. The predicted molar refractivity (Wildman–Crippen MR) is 150 cm³/mol. The van der Waals surface area contributed by atoms with Crippen LogP contribution in [0.25, 0.3) is 22.2 Å². The molecule has 7 heteroatoms. The third-order valence-corrected chi connectivity index (χ3v) is 6.54. The Labute approximate surface area is 212 Å². The number of fused-ring (bicyclic) bond motifs is 1. The second-order valence-corrected chi connectivity index (χ2v) is 9.24. The Morgan fingerprint density at radius 3 is 2.75 bits per heavy atom. The first-order chi connectivity index (χ1) is 17.5. The molecule has 0 atom stereocenters. The first-order valence-electron chi connectivity index (χ1n) is 12.2. The molecule has 36 heavy (non-hydrogen) atoms. The number of nitrogens with zero attached hydrogens (tertiary/aromatic N) is 5. The van der Waals surface area contributed by atoms with Crippen LogP contribution in [0, 0.1) is 16.7 Å². The molecule has 1 fully saturated rings. The monoisotopic (exact) mass is 480 g/mol. The number of benzene rings is 1. The highest BCUT2D eigenvalue weighted by Gasteiger charge is 2.29. The summed E-state index contributed by atoms with van der Waals surface area (Å²) in [5.41, 5.74) is 11.8. The Kier molecular flexibility index (Phi) is 8.00. The number of hydrogen-bond donors (Lipinski definition) is 1. The van der Waals surface area contributed by atoms with E-state index in [0.29, 0.717) is 11.8 Å². The lowest BCUT2D eigenvalue weighted by Crippen LogP contribution is -2.37. The standard InChI is InChI=1S/C28H29N5.CH3NO/c1-19-15-20(16-19)18-33-14-13-31-28(29)27(33)26(30-2)23-10-9-22-11-12-24(32-25(22)17-23)21-7-5-3-4-6-8-21;1-2-3/h3,5-14,17,19-20H,2,4,15-16,18H2,1H3,(H2,29,31);1H3/b27-26-;. The number of hydrogen-bond acceptors (Lipinski definition) is 7. The van der Waals surface area contributed by atoms with Crippen molar-refractivity contribution in [2.45, 2.75) is 26.2 Å². The average Bonchev–Trinajstić information content (AvgIpc) is 3.15. The van der Waals surface area contributed by atoms with E-state index in [1.807, 2.05) is 6.20 Å². The molecule has 0 spiro atoms. The highest BCUT2D eigenvalue weighted by Crippen LogP contribution is 2.36. The summed E-state index contributed by atoms with van der Waals surface area (Å²) in [7, 11) is 1.19. The number of rotatable bonds is 5. The van der Waals surface area contributed by atoms with E-state index in [4.69, 9.17) is 15.6 Å². The van der Waals surface area contributed by atoms with Gasteiger partial charge in [-0.3, -0.25) is 4.99 Å². The fraction of sp³-hybridized carbons (Fsp3) is 0.276. The van der Waals surface area contributed by atoms with E-state index in [-0.39, 0.29) is 0 Å². The van der Waals surface area contributed by atoms with E-state index in [1.165, 1.54) is 19.9 Å². The minimum Gasteiger partial charge on any atom is -0.382 e. The minimum absolute atomic E-state index is 0.467. The van der Waals surface area contributed by atoms with Crippen LogP contribution in [0.5, 0.6) is 0 Å². The van der Waals surface area contributed by atoms with Gasteiger partial charge in [-0.15, -0.1) is 0 Å². The summed E-state index contributed by atoms with van der Waals surface area (Å²) in [6.07, 6.45) is 17.8. The van der Waals surface area contributed by atoms with E-state index in [1.54, 1.807) is 6.20 Å². The van der Waals surface area contributed by atoms with Crippen LogP contribution in [0.15, 0.2) is 94.0 Å². The zero-order valence-corrected chi connectivity index (χ0v) is 20.8. The summed E-state index contributed by atoms with van der Waals surface area (Å²) in [6.45, 7) is 7.09. The van der Waals surface area contributed by atoms with Gasteiger partial charge in [0.2, 0.25) is 0 Å². The number of nitrogens with two attached hydrogens (primary N) is 1. The van der Waals surface area contributed by atoms with Crippen molar-refractivity contribution in [2.24, 2.45) is 32.7 Å². The van der Waals surface area contributed by atoms with Crippen molar-refractivity contribution < 1.29 is 0 Å². The van der Waals surface area contributed by atoms with Crippen molar-refractivity contribution in [1.82, 2.24) is 9.88 Å². The number of amidine groups is 1. The molecular formula is C29H32N6O. The number of pyridine rings is 1. The summed E-state index contributed by atoms with van der Waals surface area (Å²) in [6, 6.07) is 10.4. The summed E-state index contributed by atoms with van der Waals surface area (Å²) in [5.74, 6) is 1.93. The fourth-order valence-corrected chi connectivity index (χ4v) is 4.86. The quantitative estimate of drug-likeness (QED) is 0.414. The Morgan fingerprint density at radius 2 is 2.00 bits per heavy atom. The number of nitroso groups, excluding NO2 is 1. The molecule has 184 valence electrons. The van der Waals surface area contributed by atoms with E-state index < -0.39 is 0 Å². The molecule has 7 nitrogen and oxygen atoms in total. The van der Waals surface area contributed by atoms with Crippen molar-refractivity contribution in [2.75, 3.05) is 13.6 Å². The molecule has 5 rings (SSSR count). The normalized spacial score (nSPS) is 22.0. The van der Waals surface area contributed by atoms with E-state index in [9.17, 15) is 0 Å². The van der Waals surface area contributed by atoms with Crippen molar-refractivity contribution in [3.8, 4) is 0 Å². The molecule has 0 saturated heterocycles. The van der Waals surface area contributed by atoms with Gasteiger partial charge >= 0.3 is 0 Å². The number of aliphatic imine (C=N–C) groups is 2. The number of allylic oxidation sites excluding steroid dienone is 6. The molecule has 2 N–H and O–H groups in total. The molecule has 0 unspecified atom stereocenters. The van der Waals surface area contributed by atoms with E-state index >= 15 is 0 Å². The van der Waals surface area contributed by atoms with Crippen LogP contribution >= 0.6 is 0 Å². The second-order valence-electron chi connectivity index (χ2n) is 9.24. The van der Waals surface area contributed by atoms with Gasteiger partial charge in [-0.1, -0.05) is 60.7 Å². The molecule has 3 aliphatic rings. The van der Waals surface area contributed by atoms with Crippen molar-refractivity contribution >= 4 is 34.7 Å². The molecule has 1 saturated carbocycles. The molecule has 1 aliphatic heterocycles. The van der Waals surface area contributed by atoms with Crippen LogP contribution in [0.4, 0.5) is 0 Å². The fourth-order valence-electron chi connectivity index (χ4n) is 4.86. The summed E-state index contributed by atoms with van der Waals surface area (Å²) in [5, 5.41) is 3.33. The van der Waals surface area contributed by atoms with Gasteiger partial charge in [0, 0.05) is 29.9 Å². The highest BCUT2D eigenvalue weighted by atomic mass is 16.2. The van der Waals surface area contributed by atoms with Crippen LogP contribution in [-0.2, 0) is 0 Å². The van der Waals surface area contributed by atoms with Crippen LogP contribution in [-0.4, -0.2) is 36.0 Å². The summed E-state index contributed by atoms with van der Waals surface area (Å²) in [4.78, 5) is 24.5. The number of aromatic nitrogens is 1. The van der Waals surface area contributed by atoms with Crippen molar-refractivity contribution in [3.05, 3.63) is 95.0 Å². The lowest BCUT2D eigenvalue weighted by Gasteiger charge is -2.38. The van der Waals surface area contributed by atoms with Crippen molar-refractivity contribution in [3.63, 3.8) is 0 Å². The molecule has 2 heterocycles. The molecule has 0 amide bonds. The first kappa shape index (κ1) is 25.0. The topological polar surface area (TPSA) is 96.3 Å². The molecule has 2 aromatic rings. The van der Waals surface area contributed by atoms with Gasteiger partial charge in [0.05, 0.1) is 24.0 Å². The van der Waals surface area contributed by atoms with Gasteiger partial charge in [-0.25, -0.2) is 9.98 Å². The molecule has 2 aliphatic carbocycles. The highest BCUT2D eigenvalue weighted by molar-refractivity contribution is 6.05. The third-order valence-electron chi connectivity index (χ3n) is 6.54. The van der Waals surface area contributed by atoms with E-state index in [0.717, 1.165) is 58.0 Å². The van der Waals surface area contributed by atoms with Gasteiger partial charge in [-0.05, 0) is 55.5 Å². The van der Waals surface area contributed by atoms with Gasteiger partial charge in [0.15, 0.2) is 0 Å². The van der Waals surface area contributed by atoms with Crippen molar-refractivity contribution in [1.29, 1.82) is 0 Å². The zero-order valence-electron chi connectivity index (χ0n) is 20.8. The molecule has 0 radical (unpaired) electrons. The molecule has 1 aromatic carbocycles. The Hall–Kier alpha value is -4.13. The Balaban J connectivity index is 0.000000967. The van der Waals surface area contributed by atoms with Gasteiger partial charge in [0.25, 0.3) is 0 Å². The maximum Gasteiger partial charge on any atom is 0.149 e. The van der Waals surface area contributed by atoms with Crippen LogP contribution in [0.3, 0.4) is 0 Å². The SMILES string of the molecule is C=N/C(=C1/C(N)=NC=CN1CC1CC(C)C1)c1ccc2ccc(C3=CC=CCC=C3)nc2c1.CN=O. The van der Waals surface area contributed by atoms with Crippen LogP contribution in [0.1, 0.15) is 37.4 Å². The Morgan fingerprint density at radius 1 is 1.22 bits per heavy atom. The first-order valence-corrected chi connectivity index (χ1v) is 12.2. The van der Waals surface area contributed by atoms with E-state index in [2.05, 4.69) is 94.4 Å². The lowest BCUT2D eigenvalue weighted by atomic mass is 9.76. The molecule has 0 bridgehead atoms. The average molecular weight is 481 g/mol. The smallest absolute Gasteiger partial charge is 0.149 e. The predicted octanol–water partition coefficient (Wildman–Crippen LogP) is 6.08. The maximum absolute atomic E-state index is 8.56. The summed E-state index contributed by atoms with van der Waals surface area (Å²) < 4.78 is 0. The summed E-state index contributed by atoms with van der Waals surface area (Å²) >= 11 is 0. The van der Waals surface area contributed by atoms with Gasteiger partial charge in [-0.2, -0.15) is 4.91 Å². The third kappa shape index (κ3) is 5.57. The largest absolute Gasteiger partial charge is 0.382 e. The zero-order chi connectivity index (χ0) is 25.5. The van der Waals surface area contributed by atoms with Crippen LogP contribution < -0.4 is 5.73 Å². The lowest BCUT2D eigenvalue weighted by molar-refractivity contribution is 0.178. The van der Waals surface area contributed by atoms with Crippen LogP contribution in [0.2, 0.25) is 0 Å².